The number of carbonyl (C=O) groups excluding carboxylic acids is 3. The van der Waals surface area contributed by atoms with Gasteiger partial charge in [-0.3, -0.25) is 19.2 Å². The summed E-state index contributed by atoms with van der Waals surface area (Å²) < 4.78 is 16.5. The van der Waals surface area contributed by atoms with E-state index in [1.54, 1.807) is 68.4 Å². The SMILES string of the molecule is CCC(C)(C)C(=O)O[C@@H](C)CC(N)(Cc1ccc(OC(=O)C(C)(C)C)c(OC(=O)C(C)(C)C)c1)C(=O)O. The highest BCUT2D eigenvalue weighted by Gasteiger charge is 2.39. The molecule has 0 aliphatic heterocycles. The summed E-state index contributed by atoms with van der Waals surface area (Å²) in [6, 6.07) is 4.44. The van der Waals surface area contributed by atoms with Crippen molar-refractivity contribution in [2.45, 2.75) is 100 Å². The summed E-state index contributed by atoms with van der Waals surface area (Å²) in [5.41, 5.74) is 2.60. The van der Waals surface area contributed by atoms with Crippen LogP contribution in [0.25, 0.3) is 0 Å². The van der Waals surface area contributed by atoms with Crippen LogP contribution in [-0.4, -0.2) is 40.6 Å². The molecule has 0 aliphatic carbocycles. The number of hydrogen-bond acceptors (Lipinski definition) is 8. The lowest BCUT2D eigenvalue weighted by Gasteiger charge is -2.30. The Labute approximate surface area is 220 Å². The second-order valence-corrected chi connectivity index (χ2v) is 12.4. The van der Waals surface area contributed by atoms with E-state index in [2.05, 4.69) is 0 Å². The average molecular weight is 522 g/mol. The average Bonchev–Trinajstić information content (AvgIpc) is 2.73. The van der Waals surface area contributed by atoms with E-state index in [9.17, 15) is 24.3 Å². The highest BCUT2D eigenvalue weighted by atomic mass is 16.6. The number of carboxylic acids is 1. The third-order valence-corrected chi connectivity index (χ3v) is 5.98. The summed E-state index contributed by atoms with van der Waals surface area (Å²) in [6.07, 6.45) is -0.502. The minimum absolute atomic E-state index is 0.0214. The molecular formula is C28H43NO8. The third-order valence-electron chi connectivity index (χ3n) is 5.98. The smallest absolute Gasteiger partial charge is 0.324 e. The number of nitrogens with two attached hydrogens (primary N) is 1. The van der Waals surface area contributed by atoms with Crippen LogP contribution in [0.4, 0.5) is 0 Å². The van der Waals surface area contributed by atoms with E-state index in [-0.39, 0.29) is 24.3 Å². The fraction of sp³-hybridized carbons (Fsp3) is 0.643. The Kier molecular flexibility index (Phi) is 10.1. The number of aliphatic carboxylic acids is 1. The van der Waals surface area contributed by atoms with Crippen molar-refractivity contribution >= 4 is 23.9 Å². The van der Waals surface area contributed by atoms with E-state index in [4.69, 9.17) is 19.9 Å². The van der Waals surface area contributed by atoms with Gasteiger partial charge in [0.1, 0.15) is 11.6 Å². The molecule has 208 valence electrons. The fourth-order valence-electron chi connectivity index (χ4n) is 2.97. The molecule has 0 aromatic heterocycles. The van der Waals surface area contributed by atoms with Crippen molar-refractivity contribution in [3.63, 3.8) is 0 Å². The first-order chi connectivity index (χ1) is 16.6. The van der Waals surface area contributed by atoms with Crippen molar-refractivity contribution in [3.05, 3.63) is 23.8 Å². The number of ether oxygens (including phenoxy) is 3. The number of benzene rings is 1. The zero-order valence-corrected chi connectivity index (χ0v) is 23.8. The van der Waals surface area contributed by atoms with Gasteiger partial charge < -0.3 is 25.1 Å². The first kappa shape index (κ1) is 32.1. The van der Waals surface area contributed by atoms with Crippen molar-refractivity contribution in [2.75, 3.05) is 0 Å². The molecule has 1 aromatic carbocycles. The molecule has 0 heterocycles. The number of carbonyl (C=O) groups is 4. The molecule has 2 atom stereocenters. The number of carboxylic acid groups (broad SMARTS) is 1. The Morgan fingerprint density at radius 2 is 1.35 bits per heavy atom. The molecule has 0 fully saturated rings. The Morgan fingerprint density at radius 3 is 1.78 bits per heavy atom. The van der Waals surface area contributed by atoms with Crippen LogP contribution >= 0.6 is 0 Å². The van der Waals surface area contributed by atoms with Crippen molar-refractivity contribution in [1.82, 2.24) is 0 Å². The normalized spacial score (nSPS) is 14.8. The standard InChI is InChI=1S/C28H43NO8/c1-11-27(9,10)24(34)35-17(2)15-28(29,21(30)31)16-18-12-13-19(36-22(32)25(3,4)5)20(14-18)37-23(33)26(6,7)8/h12-14,17H,11,15-16,29H2,1-10H3,(H,30,31)/t17-,28?/m0/s1. The molecule has 0 saturated carbocycles. The minimum atomic E-state index is -1.79. The van der Waals surface area contributed by atoms with Crippen LogP contribution in [0.3, 0.4) is 0 Å². The zero-order chi connectivity index (χ0) is 29.0. The number of esters is 3. The van der Waals surface area contributed by atoms with Crippen LogP contribution in [-0.2, 0) is 30.3 Å². The van der Waals surface area contributed by atoms with Crippen LogP contribution in [0, 0.1) is 16.2 Å². The molecule has 0 spiro atoms. The van der Waals surface area contributed by atoms with E-state index in [1.807, 2.05) is 6.92 Å². The highest BCUT2D eigenvalue weighted by Crippen LogP contribution is 2.34. The lowest BCUT2D eigenvalue weighted by atomic mass is 9.86. The molecule has 1 aromatic rings. The number of hydrogen-bond donors (Lipinski definition) is 2. The summed E-state index contributed by atoms with van der Waals surface area (Å²) >= 11 is 0. The predicted octanol–water partition coefficient (Wildman–Crippen LogP) is 4.67. The maximum atomic E-state index is 12.6. The van der Waals surface area contributed by atoms with E-state index in [0.29, 0.717) is 12.0 Å². The van der Waals surface area contributed by atoms with Gasteiger partial charge in [-0.15, -0.1) is 0 Å². The number of rotatable bonds is 10. The van der Waals surface area contributed by atoms with Crippen LogP contribution in [0.1, 0.15) is 87.6 Å². The van der Waals surface area contributed by atoms with Crippen LogP contribution < -0.4 is 15.2 Å². The van der Waals surface area contributed by atoms with Gasteiger partial charge >= 0.3 is 23.9 Å². The van der Waals surface area contributed by atoms with Crippen LogP contribution in [0.15, 0.2) is 18.2 Å². The lowest BCUT2D eigenvalue weighted by molar-refractivity contribution is -0.162. The van der Waals surface area contributed by atoms with Gasteiger partial charge in [0.15, 0.2) is 11.5 Å². The fourth-order valence-corrected chi connectivity index (χ4v) is 2.97. The maximum Gasteiger partial charge on any atom is 0.324 e. The Bertz CT molecular complexity index is 1020. The highest BCUT2D eigenvalue weighted by molar-refractivity contribution is 5.82. The monoisotopic (exact) mass is 521 g/mol. The molecule has 0 aliphatic rings. The van der Waals surface area contributed by atoms with Gasteiger partial charge in [0.05, 0.1) is 16.2 Å². The van der Waals surface area contributed by atoms with Gasteiger partial charge in [-0.2, -0.15) is 0 Å². The van der Waals surface area contributed by atoms with Gasteiger partial charge in [-0.1, -0.05) is 13.0 Å². The van der Waals surface area contributed by atoms with E-state index < -0.39 is 51.8 Å². The predicted molar refractivity (Wildman–Crippen MR) is 139 cm³/mol. The molecule has 0 saturated heterocycles. The topological polar surface area (TPSA) is 142 Å². The molecule has 37 heavy (non-hydrogen) atoms. The third kappa shape index (κ3) is 9.14. The van der Waals surface area contributed by atoms with Crippen molar-refractivity contribution in [3.8, 4) is 11.5 Å². The molecule has 3 N–H and O–H groups in total. The summed E-state index contributed by atoms with van der Waals surface area (Å²) in [5.74, 6) is -2.79. The van der Waals surface area contributed by atoms with Crippen molar-refractivity contribution < 1.29 is 38.5 Å². The zero-order valence-electron chi connectivity index (χ0n) is 23.8. The van der Waals surface area contributed by atoms with E-state index in [0.717, 1.165) is 0 Å². The van der Waals surface area contributed by atoms with Crippen molar-refractivity contribution in [1.29, 1.82) is 0 Å². The van der Waals surface area contributed by atoms with Gasteiger partial charge in [0, 0.05) is 12.8 Å². The Morgan fingerprint density at radius 1 is 0.865 bits per heavy atom. The minimum Gasteiger partial charge on any atom is -0.480 e. The van der Waals surface area contributed by atoms with Crippen molar-refractivity contribution in [2.24, 2.45) is 22.0 Å². The van der Waals surface area contributed by atoms with Crippen LogP contribution in [0.2, 0.25) is 0 Å². The second kappa shape index (κ2) is 11.6. The van der Waals surface area contributed by atoms with Gasteiger partial charge in [-0.25, -0.2) is 0 Å². The first-order valence-electron chi connectivity index (χ1n) is 12.4. The van der Waals surface area contributed by atoms with Gasteiger partial charge in [0.2, 0.25) is 0 Å². The van der Waals surface area contributed by atoms with E-state index in [1.165, 1.54) is 12.1 Å². The van der Waals surface area contributed by atoms with E-state index >= 15 is 0 Å². The van der Waals surface area contributed by atoms with Crippen LogP contribution in [0.5, 0.6) is 11.5 Å². The molecule has 0 radical (unpaired) electrons. The Balaban J connectivity index is 3.31. The van der Waals surface area contributed by atoms with Gasteiger partial charge in [0.25, 0.3) is 0 Å². The maximum absolute atomic E-state index is 12.6. The molecular weight excluding hydrogens is 478 g/mol. The van der Waals surface area contributed by atoms with Gasteiger partial charge in [-0.05, 0) is 86.4 Å². The summed E-state index contributed by atoms with van der Waals surface area (Å²) in [6.45, 7) is 17.1. The summed E-state index contributed by atoms with van der Waals surface area (Å²) in [7, 11) is 0. The molecule has 9 heteroatoms. The molecule has 0 bridgehead atoms. The molecule has 1 rings (SSSR count). The lowest BCUT2D eigenvalue weighted by Crippen LogP contribution is -2.52. The summed E-state index contributed by atoms with van der Waals surface area (Å²) in [5, 5.41) is 9.95. The Hall–Kier alpha value is -2.94. The second-order valence-electron chi connectivity index (χ2n) is 12.4. The molecule has 1 unspecified atom stereocenters. The largest absolute Gasteiger partial charge is 0.480 e. The molecule has 9 nitrogen and oxygen atoms in total. The quantitative estimate of drug-likeness (QED) is 0.331. The summed E-state index contributed by atoms with van der Waals surface area (Å²) in [4.78, 5) is 49.7. The first-order valence-corrected chi connectivity index (χ1v) is 12.4. The molecule has 0 amide bonds.